The molecule has 2 aromatic carbocycles. The summed E-state index contributed by atoms with van der Waals surface area (Å²) in [6.45, 7) is 6.20. The smallest absolute Gasteiger partial charge is 0.224 e. The van der Waals surface area contributed by atoms with Crippen LogP contribution in [0.5, 0.6) is 5.75 Å². The van der Waals surface area contributed by atoms with E-state index in [9.17, 15) is 9.59 Å². The van der Waals surface area contributed by atoms with Gasteiger partial charge in [-0.2, -0.15) is 0 Å². The molecule has 1 aliphatic heterocycles. The van der Waals surface area contributed by atoms with Gasteiger partial charge in [-0.3, -0.25) is 14.5 Å². The fraction of sp³-hybridized carbons (Fsp3) is 0.391. The van der Waals surface area contributed by atoms with Gasteiger partial charge in [-0.1, -0.05) is 24.3 Å². The molecule has 0 spiro atoms. The summed E-state index contributed by atoms with van der Waals surface area (Å²) in [6, 6.07) is 13.3. The number of hydrogen-bond acceptors (Lipinski definition) is 5. The molecule has 1 N–H and O–H groups in total. The SMILES string of the molecule is COc1ccc(C(C)=O)cc1CC(=O)NCc1ccccc1CN1CCOCC1. The number of methoxy groups -OCH3 is 1. The van der Waals surface area contributed by atoms with Crippen molar-refractivity contribution >= 4 is 11.7 Å². The first-order valence-corrected chi connectivity index (χ1v) is 9.88. The number of hydrogen-bond donors (Lipinski definition) is 1. The lowest BCUT2D eigenvalue weighted by atomic mass is 10.0. The maximum absolute atomic E-state index is 12.6. The Morgan fingerprint density at radius 3 is 2.48 bits per heavy atom. The van der Waals surface area contributed by atoms with Crippen molar-refractivity contribution in [1.82, 2.24) is 10.2 Å². The summed E-state index contributed by atoms with van der Waals surface area (Å²) in [4.78, 5) is 26.6. The van der Waals surface area contributed by atoms with Gasteiger partial charge >= 0.3 is 0 Å². The highest BCUT2D eigenvalue weighted by molar-refractivity contribution is 5.94. The quantitative estimate of drug-likeness (QED) is 0.695. The molecule has 2 aromatic rings. The van der Waals surface area contributed by atoms with E-state index in [1.807, 2.05) is 18.2 Å². The number of nitrogens with one attached hydrogen (secondary N) is 1. The second-order valence-corrected chi connectivity index (χ2v) is 7.19. The molecule has 0 bridgehead atoms. The van der Waals surface area contributed by atoms with Crippen molar-refractivity contribution < 1.29 is 19.1 Å². The van der Waals surface area contributed by atoms with E-state index in [0.29, 0.717) is 23.4 Å². The second kappa shape index (κ2) is 10.2. The van der Waals surface area contributed by atoms with Gasteiger partial charge in [0.1, 0.15) is 5.75 Å². The van der Waals surface area contributed by atoms with E-state index in [1.54, 1.807) is 25.3 Å². The van der Waals surface area contributed by atoms with Gasteiger partial charge in [-0.05, 0) is 36.2 Å². The van der Waals surface area contributed by atoms with Crippen molar-refractivity contribution in [1.29, 1.82) is 0 Å². The fourth-order valence-corrected chi connectivity index (χ4v) is 3.45. The van der Waals surface area contributed by atoms with E-state index >= 15 is 0 Å². The number of morpholine rings is 1. The number of amides is 1. The van der Waals surface area contributed by atoms with Gasteiger partial charge in [0.15, 0.2) is 5.78 Å². The predicted octanol–water partition coefficient (Wildman–Crippen LogP) is 2.59. The van der Waals surface area contributed by atoms with Crippen LogP contribution in [0, 0.1) is 0 Å². The summed E-state index contributed by atoms with van der Waals surface area (Å²) in [5, 5.41) is 3.00. The zero-order valence-electron chi connectivity index (χ0n) is 17.1. The van der Waals surface area contributed by atoms with Crippen LogP contribution in [0.25, 0.3) is 0 Å². The average Bonchev–Trinajstić information content (AvgIpc) is 2.74. The number of ketones is 1. The molecule has 1 heterocycles. The third kappa shape index (κ3) is 5.89. The number of ether oxygens (including phenoxy) is 2. The number of nitrogens with zero attached hydrogens (tertiary/aromatic N) is 1. The summed E-state index contributed by atoms with van der Waals surface area (Å²) in [5.74, 6) is 0.467. The number of benzene rings is 2. The Morgan fingerprint density at radius 1 is 1.07 bits per heavy atom. The van der Waals surface area contributed by atoms with Gasteiger partial charge < -0.3 is 14.8 Å². The van der Waals surface area contributed by atoms with Crippen LogP contribution in [-0.2, 0) is 29.0 Å². The van der Waals surface area contributed by atoms with Gasteiger partial charge in [0, 0.05) is 37.3 Å². The van der Waals surface area contributed by atoms with E-state index in [-0.39, 0.29) is 18.1 Å². The molecule has 0 radical (unpaired) electrons. The van der Waals surface area contributed by atoms with Gasteiger partial charge in [0.2, 0.25) is 5.91 Å². The van der Waals surface area contributed by atoms with Gasteiger partial charge in [0.05, 0.1) is 26.7 Å². The first-order valence-electron chi connectivity index (χ1n) is 9.88. The number of Topliss-reactive ketones (excluding diaryl/α,β-unsaturated/α-hetero) is 1. The van der Waals surface area contributed by atoms with Gasteiger partial charge in [-0.15, -0.1) is 0 Å². The largest absolute Gasteiger partial charge is 0.496 e. The third-order valence-electron chi connectivity index (χ3n) is 5.13. The van der Waals surface area contributed by atoms with Gasteiger partial charge in [0.25, 0.3) is 0 Å². The topological polar surface area (TPSA) is 67.9 Å². The zero-order valence-corrected chi connectivity index (χ0v) is 17.1. The molecule has 0 saturated carbocycles. The minimum absolute atomic E-state index is 0.0358. The minimum atomic E-state index is -0.106. The summed E-state index contributed by atoms with van der Waals surface area (Å²) in [5.41, 5.74) is 3.60. The molecule has 3 rings (SSSR count). The van der Waals surface area contributed by atoms with E-state index in [4.69, 9.17) is 9.47 Å². The maximum Gasteiger partial charge on any atom is 0.224 e. The lowest BCUT2D eigenvalue weighted by molar-refractivity contribution is -0.120. The fourth-order valence-electron chi connectivity index (χ4n) is 3.45. The highest BCUT2D eigenvalue weighted by Gasteiger charge is 2.14. The Bertz CT molecular complexity index is 860. The Hall–Kier alpha value is -2.70. The molecule has 0 aliphatic carbocycles. The van der Waals surface area contributed by atoms with Crippen LogP contribution in [0.4, 0.5) is 0 Å². The summed E-state index contributed by atoms with van der Waals surface area (Å²) in [6.07, 6.45) is 0.163. The molecule has 0 unspecified atom stereocenters. The molecule has 0 atom stereocenters. The lowest BCUT2D eigenvalue weighted by Crippen LogP contribution is -2.36. The first-order chi connectivity index (χ1) is 14.1. The Labute approximate surface area is 171 Å². The Kier molecular flexibility index (Phi) is 7.38. The normalized spacial score (nSPS) is 14.4. The molecular weight excluding hydrogens is 368 g/mol. The number of rotatable bonds is 8. The molecule has 154 valence electrons. The van der Waals surface area contributed by atoms with Crippen LogP contribution in [0.1, 0.15) is 34.0 Å². The Morgan fingerprint density at radius 2 is 1.79 bits per heavy atom. The van der Waals surface area contributed by atoms with Crippen LogP contribution < -0.4 is 10.1 Å². The van der Waals surface area contributed by atoms with Crippen molar-refractivity contribution in [3.63, 3.8) is 0 Å². The number of carbonyl (C=O) groups excluding carboxylic acids is 2. The first kappa shape index (κ1) is 21.0. The minimum Gasteiger partial charge on any atom is -0.496 e. The predicted molar refractivity (Wildman–Crippen MR) is 111 cm³/mol. The molecule has 29 heavy (non-hydrogen) atoms. The molecule has 1 fully saturated rings. The van der Waals surface area contributed by atoms with Gasteiger partial charge in [-0.25, -0.2) is 0 Å². The molecule has 0 aromatic heterocycles. The number of carbonyl (C=O) groups is 2. The highest BCUT2D eigenvalue weighted by Crippen LogP contribution is 2.21. The lowest BCUT2D eigenvalue weighted by Gasteiger charge is -2.27. The van der Waals surface area contributed by atoms with Crippen molar-refractivity contribution in [3.05, 3.63) is 64.7 Å². The van der Waals surface area contributed by atoms with Crippen LogP contribution in [-0.4, -0.2) is 50.0 Å². The van der Waals surface area contributed by atoms with Crippen LogP contribution in [0.2, 0.25) is 0 Å². The molecular formula is C23H28N2O4. The Balaban J connectivity index is 1.62. The highest BCUT2D eigenvalue weighted by atomic mass is 16.5. The van der Waals surface area contributed by atoms with Crippen LogP contribution >= 0.6 is 0 Å². The van der Waals surface area contributed by atoms with E-state index < -0.39 is 0 Å². The van der Waals surface area contributed by atoms with E-state index in [2.05, 4.69) is 16.3 Å². The van der Waals surface area contributed by atoms with Crippen LogP contribution in [0.3, 0.4) is 0 Å². The molecule has 1 saturated heterocycles. The zero-order chi connectivity index (χ0) is 20.6. The van der Waals surface area contributed by atoms with E-state index in [0.717, 1.165) is 38.4 Å². The summed E-state index contributed by atoms with van der Waals surface area (Å²) < 4.78 is 10.8. The maximum atomic E-state index is 12.6. The van der Waals surface area contributed by atoms with Crippen molar-refractivity contribution in [2.24, 2.45) is 0 Å². The monoisotopic (exact) mass is 396 g/mol. The molecule has 1 amide bonds. The van der Waals surface area contributed by atoms with E-state index in [1.165, 1.54) is 12.5 Å². The third-order valence-corrected chi connectivity index (χ3v) is 5.13. The summed E-state index contributed by atoms with van der Waals surface area (Å²) in [7, 11) is 1.56. The average molecular weight is 396 g/mol. The van der Waals surface area contributed by atoms with Crippen molar-refractivity contribution in [2.45, 2.75) is 26.4 Å². The molecule has 1 aliphatic rings. The molecule has 6 heteroatoms. The standard InChI is InChI=1S/C23H28N2O4/c1-17(26)18-7-8-22(28-2)21(13-18)14-23(27)24-15-19-5-3-4-6-20(19)16-25-9-11-29-12-10-25/h3-8,13H,9-12,14-16H2,1-2H3,(H,24,27). The van der Waals surface area contributed by atoms with Crippen molar-refractivity contribution in [2.75, 3.05) is 33.4 Å². The molecule has 6 nitrogen and oxygen atoms in total. The second-order valence-electron chi connectivity index (χ2n) is 7.19. The van der Waals surface area contributed by atoms with Crippen LogP contribution in [0.15, 0.2) is 42.5 Å². The summed E-state index contributed by atoms with van der Waals surface area (Å²) >= 11 is 0. The van der Waals surface area contributed by atoms with Crippen molar-refractivity contribution in [3.8, 4) is 5.75 Å².